The van der Waals surface area contributed by atoms with Crippen molar-refractivity contribution in [3.05, 3.63) is 12.3 Å². The Balaban J connectivity index is 2.26. The number of nitrogen functional groups attached to an aromatic ring is 1. The summed E-state index contributed by atoms with van der Waals surface area (Å²) >= 11 is 0. The van der Waals surface area contributed by atoms with Crippen LogP contribution in [0.25, 0.3) is 0 Å². The van der Waals surface area contributed by atoms with Crippen LogP contribution in [-0.4, -0.2) is 35.6 Å². The Morgan fingerprint density at radius 2 is 2.24 bits per heavy atom. The van der Waals surface area contributed by atoms with Crippen molar-refractivity contribution in [1.82, 2.24) is 4.98 Å². The van der Waals surface area contributed by atoms with Gasteiger partial charge in [0.2, 0.25) is 0 Å². The molecule has 2 rings (SSSR count). The van der Waals surface area contributed by atoms with Gasteiger partial charge in [-0.05, 0) is 20.8 Å². The van der Waals surface area contributed by atoms with Crippen molar-refractivity contribution < 1.29 is 19.1 Å². The smallest absolute Gasteiger partial charge is 0.307 e. The van der Waals surface area contributed by atoms with Gasteiger partial charge in [-0.1, -0.05) is 0 Å². The molecule has 0 aromatic carbocycles. The highest BCUT2D eigenvalue weighted by Crippen LogP contribution is 2.37. The number of fused-ring (bicyclic) bond motifs is 1. The number of nitrogens with zero attached hydrogens (tertiary/aromatic N) is 2. The second-order valence-electron chi connectivity index (χ2n) is 5.21. The Labute approximate surface area is 123 Å². The lowest BCUT2D eigenvalue weighted by Crippen LogP contribution is -2.53. The minimum absolute atomic E-state index is 0.0984. The summed E-state index contributed by atoms with van der Waals surface area (Å²) in [5.41, 5.74) is 5.11. The highest BCUT2D eigenvalue weighted by atomic mass is 16.5. The van der Waals surface area contributed by atoms with Crippen LogP contribution in [0, 0.1) is 0 Å². The molecule has 2 heterocycles. The van der Waals surface area contributed by atoms with Crippen LogP contribution in [0.1, 0.15) is 27.2 Å². The van der Waals surface area contributed by atoms with Crippen molar-refractivity contribution in [2.75, 3.05) is 23.8 Å². The summed E-state index contributed by atoms with van der Waals surface area (Å²) < 4.78 is 10.5. The van der Waals surface area contributed by atoms with E-state index < -0.39 is 5.60 Å². The van der Waals surface area contributed by atoms with Crippen LogP contribution in [0.15, 0.2) is 12.3 Å². The fourth-order valence-corrected chi connectivity index (χ4v) is 2.11. The van der Waals surface area contributed by atoms with E-state index >= 15 is 0 Å². The molecular weight excluding hydrogens is 274 g/mol. The van der Waals surface area contributed by atoms with E-state index in [1.165, 1.54) is 11.1 Å². The molecule has 0 spiro atoms. The topological polar surface area (TPSA) is 94.8 Å². The Hall–Kier alpha value is -2.31. The number of hydrogen-bond donors (Lipinski definition) is 1. The van der Waals surface area contributed by atoms with E-state index in [9.17, 15) is 9.59 Å². The quantitative estimate of drug-likeness (QED) is 0.836. The minimum atomic E-state index is -1.03. The monoisotopic (exact) mass is 293 g/mol. The number of aromatic nitrogens is 1. The highest BCUT2D eigenvalue weighted by Gasteiger charge is 2.41. The predicted molar refractivity (Wildman–Crippen MR) is 77.0 cm³/mol. The molecule has 1 amide bonds. The van der Waals surface area contributed by atoms with Gasteiger partial charge in [0.05, 0.1) is 24.9 Å². The van der Waals surface area contributed by atoms with Gasteiger partial charge in [0.25, 0.3) is 5.91 Å². The molecule has 0 atom stereocenters. The Morgan fingerprint density at radius 3 is 2.90 bits per heavy atom. The van der Waals surface area contributed by atoms with Crippen LogP contribution >= 0.6 is 0 Å². The molecule has 7 heteroatoms. The summed E-state index contributed by atoms with van der Waals surface area (Å²) in [6, 6.07) is 1.62. The van der Waals surface area contributed by atoms with Gasteiger partial charge in [0.15, 0.2) is 17.2 Å². The summed E-state index contributed by atoms with van der Waals surface area (Å²) in [6.45, 7) is 5.57. The van der Waals surface area contributed by atoms with Crippen molar-refractivity contribution in [2.45, 2.75) is 32.8 Å². The average Bonchev–Trinajstić information content (AvgIpc) is 2.39. The van der Waals surface area contributed by atoms with Gasteiger partial charge in [-0.15, -0.1) is 0 Å². The molecule has 114 valence electrons. The molecular formula is C14H19N3O4. The van der Waals surface area contributed by atoms with Crippen LogP contribution in [0.5, 0.6) is 5.75 Å². The van der Waals surface area contributed by atoms with E-state index in [4.69, 9.17) is 15.2 Å². The number of rotatable bonds is 4. The van der Waals surface area contributed by atoms with Crippen LogP contribution < -0.4 is 15.4 Å². The standard InChI is InChI=1S/C14H19N3O4/c1-4-20-11(18)5-6-17-12-10(7-9(15)8-16-12)21-14(2,3)13(17)19/h7-8H,4-6,15H2,1-3H3. The second kappa shape index (κ2) is 5.59. The fourth-order valence-electron chi connectivity index (χ4n) is 2.11. The van der Waals surface area contributed by atoms with Crippen LogP contribution in [0.3, 0.4) is 0 Å². The van der Waals surface area contributed by atoms with E-state index in [1.54, 1.807) is 26.8 Å². The van der Waals surface area contributed by atoms with Gasteiger partial charge in [0, 0.05) is 12.6 Å². The SMILES string of the molecule is CCOC(=O)CCN1C(=O)C(C)(C)Oc2cc(N)cnc21. The first-order valence-corrected chi connectivity index (χ1v) is 6.77. The Morgan fingerprint density at radius 1 is 1.52 bits per heavy atom. The number of nitrogens with two attached hydrogens (primary N) is 1. The molecule has 0 saturated heterocycles. The van der Waals surface area contributed by atoms with Crippen LogP contribution in [0.2, 0.25) is 0 Å². The molecule has 0 saturated carbocycles. The second-order valence-corrected chi connectivity index (χ2v) is 5.21. The molecule has 0 bridgehead atoms. The van der Waals surface area contributed by atoms with E-state index in [2.05, 4.69) is 4.98 Å². The van der Waals surface area contributed by atoms with Gasteiger partial charge >= 0.3 is 5.97 Å². The lowest BCUT2D eigenvalue weighted by atomic mass is 10.1. The summed E-state index contributed by atoms with van der Waals surface area (Å²) in [7, 11) is 0. The maximum atomic E-state index is 12.4. The summed E-state index contributed by atoms with van der Waals surface area (Å²) in [5, 5.41) is 0. The lowest BCUT2D eigenvalue weighted by molar-refractivity contribution is -0.143. The van der Waals surface area contributed by atoms with Crippen molar-refractivity contribution in [2.24, 2.45) is 0 Å². The van der Waals surface area contributed by atoms with Gasteiger partial charge in [-0.2, -0.15) is 0 Å². The van der Waals surface area contributed by atoms with E-state index in [0.29, 0.717) is 23.9 Å². The number of carbonyl (C=O) groups is 2. The molecule has 1 aliphatic rings. The fraction of sp³-hybridized carbons (Fsp3) is 0.500. The lowest BCUT2D eigenvalue weighted by Gasteiger charge is -2.37. The third kappa shape index (κ3) is 3.07. The van der Waals surface area contributed by atoms with E-state index in [1.807, 2.05) is 0 Å². The van der Waals surface area contributed by atoms with E-state index in [-0.39, 0.29) is 24.8 Å². The number of amides is 1. The Kier molecular flexibility index (Phi) is 4.02. The zero-order valence-corrected chi connectivity index (χ0v) is 12.4. The largest absolute Gasteiger partial charge is 0.474 e. The first-order valence-electron chi connectivity index (χ1n) is 6.77. The molecule has 21 heavy (non-hydrogen) atoms. The zero-order chi connectivity index (χ0) is 15.6. The maximum absolute atomic E-state index is 12.4. The Bertz CT molecular complexity index is 571. The summed E-state index contributed by atoms with van der Waals surface area (Å²) in [6.07, 6.45) is 1.55. The van der Waals surface area contributed by atoms with E-state index in [0.717, 1.165) is 0 Å². The first kappa shape index (κ1) is 15.1. The van der Waals surface area contributed by atoms with Crippen molar-refractivity contribution in [3.63, 3.8) is 0 Å². The highest BCUT2D eigenvalue weighted by molar-refractivity contribution is 6.01. The average molecular weight is 293 g/mol. The van der Waals surface area contributed by atoms with Crippen LogP contribution in [0.4, 0.5) is 11.5 Å². The van der Waals surface area contributed by atoms with Crippen molar-refractivity contribution in [3.8, 4) is 5.75 Å². The summed E-state index contributed by atoms with van der Waals surface area (Å²) in [4.78, 5) is 29.5. The predicted octanol–water partition coefficient (Wildman–Crippen LogP) is 1.12. The number of hydrogen-bond acceptors (Lipinski definition) is 6. The van der Waals surface area contributed by atoms with Gasteiger partial charge in [0.1, 0.15) is 0 Å². The molecule has 2 N–H and O–H groups in total. The van der Waals surface area contributed by atoms with Gasteiger partial charge in [-0.3, -0.25) is 14.5 Å². The molecule has 7 nitrogen and oxygen atoms in total. The maximum Gasteiger partial charge on any atom is 0.307 e. The zero-order valence-electron chi connectivity index (χ0n) is 12.4. The molecule has 1 aromatic rings. The number of pyridine rings is 1. The third-order valence-corrected chi connectivity index (χ3v) is 3.08. The minimum Gasteiger partial charge on any atom is -0.474 e. The number of ether oxygens (including phenoxy) is 2. The molecule has 0 unspecified atom stereocenters. The normalized spacial score (nSPS) is 16.1. The molecule has 0 aliphatic carbocycles. The van der Waals surface area contributed by atoms with Crippen LogP contribution in [-0.2, 0) is 14.3 Å². The van der Waals surface area contributed by atoms with Crippen molar-refractivity contribution in [1.29, 1.82) is 0 Å². The summed E-state index contributed by atoms with van der Waals surface area (Å²) in [5.74, 6) is 0.199. The number of esters is 1. The third-order valence-electron chi connectivity index (χ3n) is 3.08. The molecule has 0 radical (unpaired) electrons. The van der Waals surface area contributed by atoms with Gasteiger partial charge in [-0.25, -0.2) is 4.98 Å². The first-order chi connectivity index (χ1) is 9.85. The molecule has 1 aliphatic heterocycles. The molecule has 0 fully saturated rings. The van der Waals surface area contributed by atoms with Gasteiger partial charge < -0.3 is 15.2 Å². The molecule has 1 aromatic heterocycles. The number of anilines is 2. The number of carbonyl (C=O) groups excluding carboxylic acids is 2. The van der Waals surface area contributed by atoms with Crippen molar-refractivity contribution >= 4 is 23.4 Å².